The summed E-state index contributed by atoms with van der Waals surface area (Å²) >= 11 is 0. The van der Waals surface area contributed by atoms with Crippen molar-refractivity contribution in [3.05, 3.63) is 48.6 Å². The summed E-state index contributed by atoms with van der Waals surface area (Å²) in [6.45, 7) is 0. The van der Waals surface area contributed by atoms with E-state index >= 15 is 0 Å². The highest BCUT2D eigenvalue weighted by molar-refractivity contribution is 5.13. The van der Waals surface area contributed by atoms with Crippen LogP contribution in [0.3, 0.4) is 0 Å². The Morgan fingerprint density at radius 2 is 0.562 bits per heavy atom. The first-order valence-corrected chi connectivity index (χ1v) is 14.5. The highest BCUT2D eigenvalue weighted by Gasteiger charge is 2.40. The Balaban J connectivity index is 0.000000113. The van der Waals surface area contributed by atoms with Gasteiger partial charge in [0.2, 0.25) is 0 Å². The van der Waals surface area contributed by atoms with Gasteiger partial charge in [-0.1, -0.05) is 48.6 Å². The molecule has 0 radical (unpaired) electrons. The van der Waals surface area contributed by atoms with Crippen LogP contribution in [0.15, 0.2) is 48.6 Å². The Kier molecular flexibility index (Phi) is 5.29. The third-order valence-electron chi connectivity index (χ3n) is 11.5. The van der Waals surface area contributed by atoms with Gasteiger partial charge in [-0.2, -0.15) is 0 Å². The summed E-state index contributed by atoms with van der Waals surface area (Å²) in [4.78, 5) is 0. The molecule has 0 spiro atoms. The largest absolute Gasteiger partial charge is 0.0851 e. The third kappa shape index (κ3) is 3.82. The maximum absolute atomic E-state index is 2.51. The number of hydrogen-bond donors (Lipinski definition) is 0. The molecule has 8 aliphatic rings. The second-order valence-corrected chi connectivity index (χ2v) is 13.3. The zero-order valence-corrected chi connectivity index (χ0v) is 20.0. The van der Waals surface area contributed by atoms with Crippen molar-refractivity contribution >= 4 is 0 Å². The molecule has 0 aromatic heterocycles. The maximum atomic E-state index is 2.51. The number of allylic oxidation sites excluding steroid dienone is 8. The summed E-state index contributed by atoms with van der Waals surface area (Å²) in [5.41, 5.74) is 0. The zero-order chi connectivity index (χ0) is 21.1. The van der Waals surface area contributed by atoms with Gasteiger partial charge in [0.05, 0.1) is 0 Å². The van der Waals surface area contributed by atoms with Gasteiger partial charge in [0.25, 0.3) is 0 Å². The maximum Gasteiger partial charge on any atom is -0.0199 e. The van der Waals surface area contributed by atoms with Gasteiger partial charge >= 0.3 is 0 Å². The van der Waals surface area contributed by atoms with Crippen LogP contribution in [0.1, 0.15) is 77.0 Å². The Morgan fingerprint density at radius 3 is 0.719 bits per heavy atom. The standard InChI is InChI=1S/2C16H22/c2*1-3-13-7-11(1)9-15(13)5-6-16-10-12-2-4-14(16)8-12/h2*1-4,11-16H,5-10H2. The van der Waals surface area contributed by atoms with Crippen LogP contribution in [0, 0.1) is 71.0 Å². The monoisotopic (exact) mass is 428 g/mol. The van der Waals surface area contributed by atoms with Crippen LogP contribution in [-0.4, -0.2) is 0 Å². The van der Waals surface area contributed by atoms with E-state index in [0.717, 1.165) is 71.0 Å². The lowest BCUT2D eigenvalue weighted by molar-refractivity contribution is 0.328. The van der Waals surface area contributed by atoms with E-state index in [1.807, 2.05) is 0 Å². The van der Waals surface area contributed by atoms with Crippen molar-refractivity contribution in [3.63, 3.8) is 0 Å². The van der Waals surface area contributed by atoms with Crippen molar-refractivity contribution in [1.82, 2.24) is 0 Å². The topological polar surface area (TPSA) is 0 Å². The smallest absolute Gasteiger partial charge is 0.0199 e. The van der Waals surface area contributed by atoms with Crippen LogP contribution >= 0.6 is 0 Å². The van der Waals surface area contributed by atoms with Crippen molar-refractivity contribution in [2.45, 2.75) is 77.0 Å². The Morgan fingerprint density at radius 1 is 0.312 bits per heavy atom. The fourth-order valence-electron chi connectivity index (χ4n) is 9.76. The molecular formula is C32H44. The molecule has 8 bridgehead atoms. The molecule has 0 heteroatoms. The van der Waals surface area contributed by atoms with E-state index in [1.54, 1.807) is 0 Å². The molecule has 0 saturated heterocycles. The molecule has 0 N–H and O–H groups in total. The summed E-state index contributed by atoms with van der Waals surface area (Å²) in [5, 5.41) is 0. The second kappa shape index (κ2) is 8.32. The first-order valence-electron chi connectivity index (χ1n) is 14.5. The van der Waals surface area contributed by atoms with Crippen molar-refractivity contribution in [3.8, 4) is 0 Å². The van der Waals surface area contributed by atoms with Gasteiger partial charge in [-0.3, -0.25) is 0 Å². The normalized spacial score (nSPS) is 52.0. The number of hydrogen-bond acceptors (Lipinski definition) is 0. The Bertz CT molecular complexity index is 676. The van der Waals surface area contributed by atoms with E-state index in [1.165, 1.54) is 77.0 Å². The van der Waals surface area contributed by atoms with E-state index in [0.29, 0.717) is 0 Å². The van der Waals surface area contributed by atoms with Crippen molar-refractivity contribution < 1.29 is 0 Å². The first kappa shape index (κ1) is 20.3. The third-order valence-corrected chi connectivity index (χ3v) is 11.5. The average Bonchev–Trinajstić information content (AvgIpc) is 3.65. The van der Waals surface area contributed by atoms with Crippen molar-refractivity contribution in [2.24, 2.45) is 71.0 Å². The van der Waals surface area contributed by atoms with Gasteiger partial charge < -0.3 is 0 Å². The molecule has 0 heterocycles. The van der Waals surface area contributed by atoms with Gasteiger partial charge in [0.1, 0.15) is 0 Å². The fourth-order valence-corrected chi connectivity index (χ4v) is 9.76. The lowest BCUT2D eigenvalue weighted by Gasteiger charge is -2.23. The van der Waals surface area contributed by atoms with Gasteiger partial charge in [-0.15, -0.1) is 0 Å². The molecular weight excluding hydrogens is 384 g/mol. The average molecular weight is 429 g/mol. The summed E-state index contributed by atoms with van der Waals surface area (Å²) in [7, 11) is 0. The number of fused-ring (bicyclic) bond motifs is 8. The highest BCUT2D eigenvalue weighted by atomic mass is 14.4. The summed E-state index contributed by atoms with van der Waals surface area (Å²) < 4.78 is 0. The van der Waals surface area contributed by atoms with Crippen LogP contribution in [0.2, 0.25) is 0 Å². The fraction of sp³-hybridized carbons (Fsp3) is 0.750. The summed E-state index contributed by atoms with van der Waals surface area (Å²) in [6, 6.07) is 0. The molecule has 0 aromatic rings. The molecule has 12 atom stereocenters. The predicted molar refractivity (Wildman–Crippen MR) is 134 cm³/mol. The lowest BCUT2D eigenvalue weighted by atomic mass is 9.82. The van der Waals surface area contributed by atoms with Crippen LogP contribution in [-0.2, 0) is 0 Å². The molecule has 0 amide bonds. The van der Waals surface area contributed by atoms with E-state index in [-0.39, 0.29) is 0 Å². The second-order valence-electron chi connectivity index (χ2n) is 13.3. The van der Waals surface area contributed by atoms with Crippen LogP contribution < -0.4 is 0 Å². The Labute approximate surface area is 196 Å². The van der Waals surface area contributed by atoms with E-state index in [2.05, 4.69) is 48.6 Å². The summed E-state index contributed by atoms with van der Waals surface area (Å²) in [6.07, 6.45) is 38.0. The molecule has 8 aliphatic carbocycles. The van der Waals surface area contributed by atoms with Crippen LogP contribution in [0.5, 0.6) is 0 Å². The van der Waals surface area contributed by atoms with E-state index < -0.39 is 0 Å². The van der Waals surface area contributed by atoms with Gasteiger partial charge in [0, 0.05) is 0 Å². The van der Waals surface area contributed by atoms with Crippen LogP contribution in [0.25, 0.3) is 0 Å². The minimum absolute atomic E-state index is 0.968. The highest BCUT2D eigenvalue weighted by Crippen LogP contribution is 2.51. The molecule has 32 heavy (non-hydrogen) atoms. The van der Waals surface area contributed by atoms with Gasteiger partial charge in [0.15, 0.2) is 0 Å². The quantitative estimate of drug-likeness (QED) is 0.373. The molecule has 172 valence electrons. The molecule has 4 fully saturated rings. The van der Waals surface area contributed by atoms with Gasteiger partial charge in [-0.25, -0.2) is 0 Å². The SMILES string of the molecule is C1=CC2CC1CC2CCC1CC2C=CC1C2.C1=CC2CC1CC2CCC1CC2C=CC1C2. The molecule has 0 nitrogen and oxygen atoms in total. The first-order chi connectivity index (χ1) is 15.8. The summed E-state index contributed by atoms with van der Waals surface area (Å²) in [5.74, 6) is 12.0. The van der Waals surface area contributed by atoms with Crippen molar-refractivity contribution in [2.75, 3.05) is 0 Å². The number of rotatable bonds is 6. The zero-order valence-electron chi connectivity index (χ0n) is 20.0. The molecule has 0 aliphatic heterocycles. The van der Waals surface area contributed by atoms with Crippen LogP contribution in [0.4, 0.5) is 0 Å². The molecule has 4 saturated carbocycles. The Hall–Kier alpha value is -1.04. The van der Waals surface area contributed by atoms with E-state index in [9.17, 15) is 0 Å². The van der Waals surface area contributed by atoms with Gasteiger partial charge in [-0.05, 0) is 148 Å². The molecule has 8 rings (SSSR count). The predicted octanol–water partition coefficient (Wildman–Crippen LogP) is 8.38. The minimum atomic E-state index is 0.968. The lowest BCUT2D eigenvalue weighted by Crippen LogP contribution is -2.12. The minimum Gasteiger partial charge on any atom is -0.0851 e. The van der Waals surface area contributed by atoms with E-state index in [4.69, 9.17) is 0 Å². The van der Waals surface area contributed by atoms with Crippen molar-refractivity contribution in [1.29, 1.82) is 0 Å². The molecule has 0 aromatic carbocycles. The molecule has 12 unspecified atom stereocenters.